The fraction of sp³-hybridized carbons (Fsp3) is 1.00. The lowest BCUT2D eigenvalue weighted by molar-refractivity contribution is 0.141. The molecule has 0 aromatic rings. The van der Waals surface area contributed by atoms with Crippen LogP contribution in [0.25, 0.3) is 0 Å². The van der Waals surface area contributed by atoms with Crippen LogP contribution in [0.5, 0.6) is 0 Å². The van der Waals surface area contributed by atoms with Crippen molar-refractivity contribution >= 4 is 0 Å². The van der Waals surface area contributed by atoms with E-state index >= 15 is 0 Å². The number of nitrogens with zero attached hydrogens (tertiary/aromatic N) is 2. The Kier molecular flexibility index (Phi) is 6.57. The molecule has 1 unspecified atom stereocenters. The second-order valence-corrected chi connectivity index (χ2v) is 6.31. The fourth-order valence-electron chi connectivity index (χ4n) is 2.60. The van der Waals surface area contributed by atoms with E-state index in [0.29, 0.717) is 0 Å². The van der Waals surface area contributed by atoms with Crippen LogP contribution in [0.1, 0.15) is 39.0 Å². The first-order valence-corrected chi connectivity index (χ1v) is 7.23. The van der Waals surface area contributed by atoms with Crippen LogP contribution < -0.4 is 5.73 Å². The smallest absolute Gasteiger partial charge is 0.0608 e. The highest BCUT2D eigenvalue weighted by molar-refractivity contribution is 4.79. The minimum Gasteiger partial charge on any atom is -0.394 e. The van der Waals surface area contributed by atoms with E-state index in [4.69, 9.17) is 10.8 Å². The van der Waals surface area contributed by atoms with Gasteiger partial charge >= 0.3 is 0 Å². The molecule has 0 saturated carbocycles. The summed E-state index contributed by atoms with van der Waals surface area (Å²) in [6, 6.07) is 0.767. The van der Waals surface area contributed by atoms with Crippen LogP contribution in [-0.4, -0.2) is 66.8 Å². The molecule has 4 heteroatoms. The van der Waals surface area contributed by atoms with Crippen LogP contribution >= 0.6 is 0 Å². The molecule has 1 atom stereocenters. The molecule has 1 fully saturated rings. The SMILES string of the molecule is CN(C)C1CCN(CCCCC(C)(N)CO)CC1. The Morgan fingerprint density at radius 1 is 1.28 bits per heavy atom. The van der Waals surface area contributed by atoms with Gasteiger partial charge in [-0.05, 0) is 66.3 Å². The third-order valence-electron chi connectivity index (χ3n) is 4.12. The molecular formula is C14H31N3O. The Morgan fingerprint density at radius 3 is 2.39 bits per heavy atom. The quantitative estimate of drug-likeness (QED) is 0.665. The number of hydrogen-bond acceptors (Lipinski definition) is 4. The summed E-state index contributed by atoms with van der Waals surface area (Å²) < 4.78 is 0. The van der Waals surface area contributed by atoms with E-state index in [2.05, 4.69) is 23.9 Å². The number of unbranched alkanes of at least 4 members (excludes halogenated alkanes) is 1. The van der Waals surface area contributed by atoms with Gasteiger partial charge in [0.1, 0.15) is 0 Å². The summed E-state index contributed by atoms with van der Waals surface area (Å²) in [6.45, 7) is 5.64. The lowest BCUT2D eigenvalue weighted by atomic mass is 9.97. The van der Waals surface area contributed by atoms with E-state index in [1.54, 1.807) is 0 Å². The van der Waals surface area contributed by atoms with Gasteiger partial charge in [0, 0.05) is 11.6 Å². The van der Waals surface area contributed by atoms with E-state index in [1.165, 1.54) is 38.9 Å². The van der Waals surface area contributed by atoms with Crippen molar-refractivity contribution in [3.63, 3.8) is 0 Å². The van der Waals surface area contributed by atoms with Gasteiger partial charge in [0.2, 0.25) is 0 Å². The second-order valence-electron chi connectivity index (χ2n) is 6.31. The molecule has 3 N–H and O–H groups in total. The van der Waals surface area contributed by atoms with Crippen LogP contribution in [0.4, 0.5) is 0 Å². The first kappa shape index (κ1) is 15.9. The van der Waals surface area contributed by atoms with Crippen LogP contribution in [0.2, 0.25) is 0 Å². The van der Waals surface area contributed by atoms with Gasteiger partial charge in [-0.2, -0.15) is 0 Å². The lowest BCUT2D eigenvalue weighted by Gasteiger charge is -2.35. The molecule has 0 radical (unpaired) electrons. The van der Waals surface area contributed by atoms with Crippen molar-refractivity contribution in [2.45, 2.75) is 50.6 Å². The third kappa shape index (κ3) is 5.65. The molecule has 1 rings (SSSR count). The maximum absolute atomic E-state index is 9.08. The molecule has 0 amide bonds. The van der Waals surface area contributed by atoms with Crippen molar-refractivity contribution in [3.05, 3.63) is 0 Å². The molecular weight excluding hydrogens is 226 g/mol. The summed E-state index contributed by atoms with van der Waals surface area (Å²) >= 11 is 0. The van der Waals surface area contributed by atoms with Crippen molar-refractivity contribution in [3.8, 4) is 0 Å². The van der Waals surface area contributed by atoms with Crippen molar-refractivity contribution in [1.29, 1.82) is 0 Å². The minimum atomic E-state index is -0.391. The Balaban J connectivity index is 2.08. The number of aliphatic hydroxyl groups is 1. The maximum Gasteiger partial charge on any atom is 0.0608 e. The normalized spacial score (nSPS) is 22.3. The van der Waals surface area contributed by atoms with E-state index in [9.17, 15) is 0 Å². The Morgan fingerprint density at radius 2 is 1.89 bits per heavy atom. The van der Waals surface area contributed by atoms with Gasteiger partial charge in [0.25, 0.3) is 0 Å². The first-order valence-electron chi connectivity index (χ1n) is 7.23. The average molecular weight is 257 g/mol. The van der Waals surface area contributed by atoms with Gasteiger partial charge in [0.15, 0.2) is 0 Å². The first-order chi connectivity index (χ1) is 8.44. The highest BCUT2D eigenvalue weighted by Crippen LogP contribution is 2.16. The number of hydrogen-bond donors (Lipinski definition) is 2. The topological polar surface area (TPSA) is 52.7 Å². The summed E-state index contributed by atoms with van der Waals surface area (Å²) in [7, 11) is 4.36. The van der Waals surface area contributed by atoms with Gasteiger partial charge < -0.3 is 20.6 Å². The second kappa shape index (κ2) is 7.43. The molecule has 4 nitrogen and oxygen atoms in total. The van der Waals surface area contributed by atoms with Gasteiger partial charge in [-0.15, -0.1) is 0 Å². The van der Waals surface area contributed by atoms with Gasteiger partial charge in [0.05, 0.1) is 6.61 Å². The molecule has 0 aromatic heterocycles. The van der Waals surface area contributed by atoms with Gasteiger partial charge in [-0.3, -0.25) is 0 Å². The molecule has 1 aliphatic heterocycles. The van der Waals surface area contributed by atoms with Gasteiger partial charge in [-0.1, -0.05) is 6.42 Å². The van der Waals surface area contributed by atoms with Crippen molar-refractivity contribution in [2.24, 2.45) is 5.73 Å². The molecule has 1 heterocycles. The number of piperidine rings is 1. The van der Waals surface area contributed by atoms with Gasteiger partial charge in [-0.25, -0.2) is 0 Å². The third-order valence-corrected chi connectivity index (χ3v) is 4.12. The zero-order valence-electron chi connectivity index (χ0n) is 12.4. The summed E-state index contributed by atoms with van der Waals surface area (Å²) in [5, 5.41) is 9.08. The molecule has 0 spiro atoms. The zero-order valence-corrected chi connectivity index (χ0v) is 12.4. The Hall–Kier alpha value is -0.160. The minimum absolute atomic E-state index is 0.0846. The summed E-state index contributed by atoms with van der Waals surface area (Å²) in [4.78, 5) is 4.91. The fourth-order valence-corrected chi connectivity index (χ4v) is 2.60. The predicted molar refractivity (Wildman–Crippen MR) is 76.7 cm³/mol. The summed E-state index contributed by atoms with van der Waals surface area (Å²) in [6.07, 6.45) is 5.80. The van der Waals surface area contributed by atoms with Crippen LogP contribution in [0.3, 0.4) is 0 Å². The molecule has 0 bridgehead atoms. The van der Waals surface area contributed by atoms with E-state index in [-0.39, 0.29) is 6.61 Å². The highest BCUT2D eigenvalue weighted by atomic mass is 16.3. The zero-order chi connectivity index (χ0) is 13.6. The monoisotopic (exact) mass is 257 g/mol. The van der Waals surface area contributed by atoms with Crippen LogP contribution in [0, 0.1) is 0 Å². The number of nitrogens with two attached hydrogens (primary N) is 1. The van der Waals surface area contributed by atoms with E-state index in [1.807, 2.05) is 6.92 Å². The average Bonchev–Trinajstić information content (AvgIpc) is 2.35. The van der Waals surface area contributed by atoms with Crippen molar-refractivity contribution in [1.82, 2.24) is 9.80 Å². The van der Waals surface area contributed by atoms with E-state index < -0.39 is 5.54 Å². The number of aliphatic hydroxyl groups excluding tert-OH is 1. The van der Waals surface area contributed by atoms with E-state index in [0.717, 1.165) is 18.9 Å². The molecule has 1 aliphatic rings. The molecule has 18 heavy (non-hydrogen) atoms. The molecule has 1 saturated heterocycles. The van der Waals surface area contributed by atoms with Crippen LogP contribution in [-0.2, 0) is 0 Å². The largest absolute Gasteiger partial charge is 0.394 e. The highest BCUT2D eigenvalue weighted by Gasteiger charge is 2.20. The van der Waals surface area contributed by atoms with Crippen LogP contribution in [0.15, 0.2) is 0 Å². The maximum atomic E-state index is 9.08. The Labute approximate surface area is 112 Å². The summed E-state index contributed by atoms with van der Waals surface area (Å²) in [5.74, 6) is 0. The molecule has 0 aromatic carbocycles. The summed E-state index contributed by atoms with van der Waals surface area (Å²) in [5.41, 5.74) is 5.53. The van der Waals surface area contributed by atoms with Crippen molar-refractivity contribution in [2.75, 3.05) is 40.3 Å². The van der Waals surface area contributed by atoms with Crippen molar-refractivity contribution < 1.29 is 5.11 Å². The molecule has 0 aliphatic carbocycles. The lowest BCUT2D eigenvalue weighted by Crippen LogP contribution is -2.42. The standard InChI is InChI=1S/C14H31N3O/c1-14(15,12-18)8-4-5-9-17-10-6-13(7-11-17)16(2)3/h13,18H,4-12,15H2,1-3H3. The molecule has 108 valence electrons. The predicted octanol–water partition coefficient (Wildman–Crippen LogP) is 0.892. The number of rotatable bonds is 7. The Bertz CT molecular complexity index is 223. The number of likely N-dealkylation sites (tertiary alicyclic amines) is 1.